The number of imide groups is 2. The van der Waals surface area contributed by atoms with Crippen LogP contribution >= 0.6 is 0 Å². The number of nitrogens with zero attached hydrogens (tertiary/aromatic N) is 6. The van der Waals surface area contributed by atoms with E-state index in [1.165, 1.54) is 48.3 Å². The Balaban J connectivity index is 1.44. The van der Waals surface area contributed by atoms with Crippen LogP contribution in [-0.4, -0.2) is 160 Å². The zero-order valence-corrected chi connectivity index (χ0v) is 30.6. The molecule has 0 aromatic heterocycles. The number of hydrogen-bond donors (Lipinski definition) is 2. The number of nitrogens with one attached hydrogen (secondary N) is 2. The molecule has 0 spiro atoms. The molecular weight excluding hydrogens is 632 g/mol. The van der Waals surface area contributed by atoms with E-state index in [1.54, 1.807) is 12.1 Å². The number of likely N-dealkylation sites (tertiary alicyclic amines) is 2. The van der Waals surface area contributed by atoms with Gasteiger partial charge in [-0.05, 0) is 118 Å². The molecular formula is C38H56N8O4. The molecule has 4 aliphatic rings. The summed E-state index contributed by atoms with van der Waals surface area (Å²) in [4.78, 5) is 69.0. The highest BCUT2D eigenvalue weighted by atomic mass is 16.2. The highest BCUT2D eigenvalue weighted by molar-refractivity contribution is 6.36. The fraction of sp³-hybridized carbons (Fsp3) is 0.632. The molecule has 2 N–H and O–H groups in total. The van der Waals surface area contributed by atoms with E-state index < -0.39 is 0 Å². The van der Waals surface area contributed by atoms with Crippen molar-refractivity contribution in [1.29, 1.82) is 0 Å². The quantitative estimate of drug-likeness (QED) is 0.253. The van der Waals surface area contributed by atoms with Crippen LogP contribution in [-0.2, 0) is 0 Å². The van der Waals surface area contributed by atoms with E-state index in [1.807, 2.05) is 38.0 Å². The molecule has 2 saturated heterocycles. The zero-order valence-electron chi connectivity index (χ0n) is 30.6. The monoisotopic (exact) mass is 688 g/mol. The lowest BCUT2D eigenvalue weighted by Gasteiger charge is -2.35. The maximum Gasteiger partial charge on any atom is 0.263 e. The van der Waals surface area contributed by atoms with Crippen molar-refractivity contribution in [1.82, 2.24) is 29.4 Å². The number of rotatable bonds is 16. The minimum Gasteiger partial charge on any atom is -0.383 e. The van der Waals surface area contributed by atoms with Gasteiger partial charge >= 0.3 is 0 Å². The predicted molar refractivity (Wildman–Crippen MR) is 199 cm³/mol. The van der Waals surface area contributed by atoms with Crippen LogP contribution < -0.4 is 10.6 Å². The van der Waals surface area contributed by atoms with Crippen LogP contribution in [0.1, 0.15) is 92.8 Å². The van der Waals surface area contributed by atoms with Gasteiger partial charge in [0.1, 0.15) is 0 Å². The van der Waals surface area contributed by atoms with E-state index in [9.17, 15) is 19.2 Å². The van der Waals surface area contributed by atoms with Crippen LogP contribution in [0.15, 0.2) is 12.1 Å². The lowest BCUT2D eigenvalue weighted by molar-refractivity contribution is 0.0585. The van der Waals surface area contributed by atoms with Crippen LogP contribution in [0.4, 0.5) is 11.4 Å². The molecule has 0 atom stereocenters. The Morgan fingerprint density at radius 2 is 0.920 bits per heavy atom. The minimum absolute atomic E-state index is 0.280. The smallest absolute Gasteiger partial charge is 0.263 e. The number of carbonyl (C=O) groups excluding carboxylic acids is 4. The van der Waals surface area contributed by atoms with Crippen molar-refractivity contribution in [3.63, 3.8) is 0 Å². The summed E-state index contributed by atoms with van der Waals surface area (Å²) in [6.07, 6.45) is 8.50. The Morgan fingerprint density at radius 1 is 0.540 bits per heavy atom. The first-order chi connectivity index (χ1) is 24.2. The fourth-order valence-electron chi connectivity index (χ4n) is 8.00. The molecule has 50 heavy (non-hydrogen) atoms. The number of hydrogen-bond acceptors (Lipinski definition) is 10. The fourth-order valence-corrected chi connectivity index (χ4v) is 8.00. The van der Waals surface area contributed by atoms with Gasteiger partial charge in [0.25, 0.3) is 23.6 Å². The first-order valence-electron chi connectivity index (χ1n) is 18.8. The number of carbonyl (C=O) groups is 4. The average Bonchev–Trinajstić information content (AvgIpc) is 3.10. The summed E-state index contributed by atoms with van der Waals surface area (Å²) in [5, 5.41) is 7.89. The third-order valence-corrected chi connectivity index (χ3v) is 10.6. The third-order valence-electron chi connectivity index (χ3n) is 10.6. The normalized spacial score (nSPS) is 18.7. The molecule has 2 aromatic carbocycles. The molecule has 0 unspecified atom stereocenters. The van der Waals surface area contributed by atoms with E-state index in [-0.39, 0.29) is 36.7 Å². The number of benzene rings is 2. The van der Waals surface area contributed by atoms with Crippen LogP contribution in [0.25, 0.3) is 10.8 Å². The summed E-state index contributed by atoms with van der Waals surface area (Å²) in [6, 6.07) is 3.55. The average molecular weight is 689 g/mol. The Kier molecular flexibility index (Phi) is 11.7. The number of amides is 4. The van der Waals surface area contributed by atoms with Crippen molar-refractivity contribution in [3.05, 3.63) is 34.4 Å². The Hall–Kier alpha value is -3.58. The first kappa shape index (κ1) is 36.2. The molecule has 4 aliphatic heterocycles. The van der Waals surface area contributed by atoms with Crippen molar-refractivity contribution in [2.45, 2.75) is 51.4 Å². The maximum atomic E-state index is 14.4. The molecule has 12 heteroatoms. The van der Waals surface area contributed by atoms with Crippen LogP contribution in [0.5, 0.6) is 0 Å². The summed E-state index contributed by atoms with van der Waals surface area (Å²) in [5.74, 6) is -1.51. The summed E-state index contributed by atoms with van der Waals surface area (Å²) in [7, 11) is 7.89. The largest absolute Gasteiger partial charge is 0.383 e. The van der Waals surface area contributed by atoms with Gasteiger partial charge in [0.15, 0.2) is 0 Å². The van der Waals surface area contributed by atoms with Crippen LogP contribution in [0, 0.1) is 0 Å². The molecule has 0 saturated carbocycles. The molecule has 0 aliphatic carbocycles. The van der Waals surface area contributed by atoms with Crippen molar-refractivity contribution < 1.29 is 19.2 Å². The van der Waals surface area contributed by atoms with Gasteiger partial charge in [-0.25, -0.2) is 0 Å². The standard InChI is InChI=1S/C38H56N8O4/c1-41(2)15-11-21-45-35(47)27-25-30(40-14-24-44-19-9-6-10-20-44)34-32-28(36(48)46(38(34)50)22-12-16-42(3)4)26-29(33(31(27)32)37(45)49)39-13-23-43-17-7-5-8-18-43/h25-26,39-40H,5-24H2,1-4H3. The second-order valence-electron chi connectivity index (χ2n) is 14.9. The second-order valence-corrected chi connectivity index (χ2v) is 14.9. The summed E-state index contributed by atoms with van der Waals surface area (Å²) >= 11 is 0. The van der Waals surface area contributed by atoms with Crippen LogP contribution in [0.2, 0.25) is 0 Å². The van der Waals surface area contributed by atoms with E-state index in [2.05, 4.69) is 20.4 Å². The highest BCUT2D eigenvalue weighted by Crippen LogP contribution is 2.44. The minimum atomic E-state index is -0.378. The van der Waals surface area contributed by atoms with Gasteiger partial charge in [-0.1, -0.05) is 12.8 Å². The van der Waals surface area contributed by atoms with Gasteiger partial charge in [0.05, 0.1) is 22.3 Å². The topological polar surface area (TPSA) is 112 Å². The lowest BCUT2D eigenvalue weighted by Crippen LogP contribution is -2.45. The van der Waals surface area contributed by atoms with Crippen LogP contribution in [0.3, 0.4) is 0 Å². The molecule has 2 fully saturated rings. The zero-order chi connectivity index (χ0) is 35.4. The predicted octanol–water partition coefficient (Wildman–Crippen LogP) is 3.73. The summed E-state index contributed by atoms with van der Waals surface area (Å²) < 4.78 is 0. The number of piperidine rings is 2. The molecule has 2 aromatic rings. The van der Waals surface area contributed by atoms with E-state index in [4.69, 9.17) is 0 Å². The molecule has 272 valence electrons. The highest BCUT2D eigenvalue weighted by Gasteiger charge is 2.42. The van der Waals surface area contributed by atoms with Gasteiger partial charge < -0.3 is 30.2 Å². The number of anilines is 2. The van der Waals surface area contributed by atoms with E-state index >= 15 is 0 Å². The SMILES string of the molecule is CN(C)CCCN1C(=O)c2cc(NCCN3CCCCC3)c3c4c(cc(NCCN5CCCCC5)c(c24)C1=O)C(=O)N(CCCN(C)C)C3=O. The molecule has 12 nitrogen and oxygen atoms in total. The molecule has 0 radical (unpaired) electrons. The van der Waals surface area contributed by atoms with Crippen molar-refractivity contribution >= 4 is 45.8 Å². The first-order valence-corrected chi connectivity index (χ1v) is 18.8. The van der Waals surface area contributed by atoms with Crippen molar-refractivity contribution in [2.75, 3.05) is 117 Å². The van der Waals surface area contributed by atoms with Gasteiger partial charge in [-0.3, -0.25) is 29.0 Å². The Labute approximate surface area is 297 Å². The van der Waals surface area contributed by atoms with E-state index in [0.29, 0.717) is 70.3 Å². The molecule has 4 heterocycles. The van der Waals surface area contributed by atoms with E-state index in [0.717, 1.165) is 52.4 Å². The molecule has 6 rings (SSSR count). The van der Waals surface area contributed by atoms with Gasteiger partial charge in [0.2, 0.25) is 0 Å². The summed E-state index contributed by atoms with van der Waals surface area (Å²) in [5.41, 5.74) is 2.59. The van der Waals surface area contributed by atoms with Crippen molar-refractivity contribution in [3.8, 4) is 0 Å². The van der Waals surface area contributed by atoms with Gasteiger partial charge in [-0.2, -0.15) is 0 Å². The third kappa shape index (κ3) is 7.68. The molecule has 4 amide bonds. The summed E-state index contributed by atoms with van der Waals surface area (Å²) in [6.45, 7) is 9.04. The second kappa shape index (κ2) is 16.2. The lowest BCUT2D eigenvalue weighted by atomic mass is 9.83. The maximum absolute atomic E-state index is 14.4. The van der Waals surface area contributed by atoms with Gasteiger partial charge in [-0.15, -0.1) is 0 Å². The van der Waals surface area contributed by atoms with Crippen molar-refractivity contribution in [2.24, 2.45) is 0 Å². The Morgan fingerprint density at radius 3 is 1.28 bits per heavy atom. The molecule has 0 bridgehead atoms. The Bertz CT molecular complexity index is 1480. The van der Waals surface area contributed by atoms with Gasteiger partial charge in [0, 0.05) is 61.4 Å².